The highest BCUT2D eigenvalue weighted by Gasteiger charge is 2.17. The Morgan fingerprint density at radius 1 is 0.970 bits per heavy atom. The van der Waals surface area contributed by atoms with Gasteiger partial charge in [-0.15, -0.1) is 0 Å². The van der Waals surface area contributed by atoms with Crippen LogP contribution in [0.1, 0.15) is 15.9 Å². The Balaban J connectivity index is 1.57. The van der Waals surface area contributed by atoms with E-state index in [-0.39, 0.29) is 5.91 Å². The van der Waals surface area contributed by atoms with Crippen LogP contribution in [0.4, 0.5) is 0 Å². The molecule has 2 aromatic heterocycles. The molecule has 0 aliphatic carbocycles. The summed E-state index contributed by atoms with van der Waals surface area (Å²) >= 11 is 6.75. The van der Waals surface area contributed by atoms with Gasteiger partial charge in [-0.1, -0.05) is 62.2 Å². The Labute approximate surface area is 204 Å². The van der Waals surface area contributed by atoms with Gasteiger partial charge in [-0.2, -0.15) is 5.10 Å². The molecular formula is C25H15Br2N3O3. The fourth-order valence-corrected chi connectivity index (χ4v) is 4.36. The normalized spacial score (nSPS) is 11.5. The topological polar surface area (TPSA) is 87.5 Å². The van der Waals surface area contributed by atoms with E-state index in [1.807, 2.05) is 42.5 Å². The van der Waals surface area contributed by atoms with Crippen molar-refractivity contribution in [3.8, 4) is 11.3 Å². The van der Waals surface area contributed by atoms with E-state index in [0.717, 1.165) is 25.2 Å². The lowest BCUT2D eigenvalue weighted by atomic mass is 10.1. The van der Waals surface area contributed by atoms with E-state index in [4.69, 9.17) is 4.42 Å². The maximum Gasteiger partial charge on any atom is 0.345 e. The molecule has 162 valence electrons. The number of nitrogens with zero attached hydrogens (tertiary/aromatic N) is 1. The number of H-pyrrole nitrogens is 1. The van der Waals surface area contributed by atoms with Crippen molar-refractivity contribution in [1.29, 1.82) is 0 Å². The number of nitrogens with one attached hydrogen (secondary N) is 2. The van der Waals surface area contributed by atoms with Crippen LogP contribution in [-0.4, -0.2) is 17.1 Å². The number of rotatable bonds is 4. The maximum absolute atomic E-state index is 12.9. The van der Waals surface area contributed by atoms with E-state index < -0.39 is 5.63 Å². The van der Waals surface area contributed by atoms with E-state index in [2.05, 4.69) is 47.4 Å². The zero-order valence-electron chi connectivity index (χ0n) is 16.9. The summed E-state index contributed by atoms with van der Waals surface area (Å²) < 4.78 is 7.19. The number of hydrogen-bond donors (Lipinski definition) is 2. The van der Waals surface area contributed by atoms with Crippen LogP contribution in [0.2, 0.25) is 0 Å². The third kappa shape index (κ3) is 4.27. The second-order valence-electron chi connectivity index (χ2n) is 7.30. The molecule has 0 unspecified atom stereocenters. The minimum absolute atomic E-state index is 0.343. The van der Waals surface area contributed by atoms with E-state index in [1.165, 1.54) is 6.21 Å². The first kappa shape index (κ1) is 21.4. The number of para-hydroxylation sites is 1. The van der Waals surface area contributed by atoms with Gasteiger partial charge in [-0.3, -0.25) is 4.79 Å². The monoisotopic (exact) mass is 563 g/mol. The van der Waals surface area contributed by atoms with Crippen molar-refractivity contribution in [1.82, 2.24) is 10.4 Å². The van der Waals surface area contributed by atoms with Crippen molar-refractivity contribution < 1.29 is 9.21 Å². The molecule has 3 aromatic carbocycles. The highest BCUT2D eigenvalue weighted by Crippen LogP contribution is 2.29. The van der Waals surface area contributed by atoms with Gasteiger partial charge in [0, 0.05) is 36.4 Å². The van der Waals surface area contributed by atoms with Crippen molar-refractivity contribution in [3.05, 3.63) is 103 Å². The van der Waals surface area contributed by atoms with Crippen LogP contribution in [-0.2, 0) is 0 Å². The minimum Gasteiger partial charge on any atom is -0.422 e. The first-order valence-corrected chi connectivity index (χ1v) is 11.5. The number of hydrogen-bond acceptors (Lipinski definition) is 4. The molecule has 1 amide bonds. The molecule has 0 fully saturated rings. The Morgan fingerprint density at radius 2 is 1.79 bits per heavy atom. The van der Waals surface area contributed by atoms with Crippen LogP contribution >= 0.6 is 31.9 Å². The Kier molecular flexibility index (Phi) is 5.70. The van der Waals surface area contributed by atoms with Crippen molar-refractivity contribution in [2.75, 3.05) is 0 Å². The number of benzene rings is 3. The number of carbonyl (C=O) groups is 1. The maximum atomic E-state index is 12.9. The largest absolute Gasteiger partial charge is 0.422 e. The van der Waals surface area contributed by atoms with Crippen molar-refractivity contribution in [3.63, 3.8) is 0 Å². The van der Waals surface area contributed by atoms with Gasteiger partial charge in [-0.25, -0.2) is 10.2 Å². The summed E-state index contributed by atoms with van der Waals surface area (Å²) in [6, 6.07) is 22.0. The predicted molar refractivity (Wildman–Crippen MR) is 137 cm³/mol. The first-order valence-electron chi connectivity index (χ1n) is 9.93. The third-order valence-corrected chi connectivity index (χ3v) is 6.15. The molecule has 0 saturated heterocycles. The molecule has 0 saturated carbocycles. The summed E-state index contributed by atoms with van der Waals surface area (Å²) in [4.78, 5) is 28.6. The van der Waals surface area contributed by atoms with Gasteiger partial charge < -0.3 is 9.40 Å². The molecule has 0 atom stereocenters. The van der Waals surface area contributed by atoms with Gasteiger partial charge in [0.25, 0.3) is 5.91 Å². The van der Waals surface area contributed by atoms with Gasteiger partial charge in [0.15, 0.2) is 0 Å². The summed E-state index contributed by atoms with van der Waals surface area (Å²) in [6.07, 6.45) is 1.54. The molecule has 8 heteroatoms. The van der Waals surface area contributed by atoms with Crippen LogP contribution in [0.3, 0.4) is 0 Å². The summed E-state index contributed by atoms with van der Waals surface area (Å²) in [6.45, 7) is 0. The van der Waals surface area contributed by atoms with Crippen LogP contribution in [0, 0.1) is 0 Å². The molecule has 0 bridgehead atoms. The molecule has 0 spiro atoms. The minimum atomic E-state index is -0.472. The fraction of sp³-hybridized carbons (Fsp3) is 0. The zero-order chi connectivity index (χ0) is 22.9. The number of hydrazone groups is 1. The van der Waals surface area contributed by atoms with E-state index in [9.17, 15) is 9.59 Å². The molecule has 5 rings (SSSR count). The van der Waals surface area contributed by atoms with Crippen molar-refractivity contribution in [2.24, 2.45) is 5.10 Å². The van der Waals surface area contributed by atoms with Gasteiger partial charge in [0.05, 0.1) is 17.5 Å². The summed E-state index contributed by atoms with van der Waals surface area (Å²) in [5.74, 6) is -0.343. The summed E-state index contributed by atoms with van der Waals surface area (Å²) in [7, 11) is 0. The number of aromatic nitrogens is 1. The van der Waals surface area contributed by atoms with Gasteiger partial charge in [-0.05, 0) is 42.5 Å². The number of aromatic amines is 1. The lowest BCUT2D eigenvalue weighted by molar-refractivity contribution is 0.0955. The SMILES string of the molecule is O=C(N/N=C/c1c(-c2cc3ccc(Br)cc3oc2=O)[nH]c2ccccc12)c1cccc(Br)c1. The summed E-state index contributed by atoms with van der Waals surface area (Å²) in [5, 5.41) is 5.81. The molecule has 33 heavy (non-hydrogen) atoms. The first-order chi connectivity index (χ1) is 16.0. The number of carbonyl (C=O) groups excluding carboxylic acids is 1. The molecule has 0 aliphatic rings. The predicted octanol–water partition coefficient (Wildman–Crippen LogP) is 6.23. The molecule has 2 heterocycles. The zero-order valence-corrected chi connectivity index (χ0v) is 20.1. The van der Waals surface area contributed by atoms with Crippen molar-refractivity contribution >= 4 is 65.9 Å². The average molecular weight is 565 g/mol. The Bertz CT molecular complexity index is 1620. The van der Waals surface area contributed by atoms with E-state index in [0.29, 0.717) is 28.0 Å². The van der Waals surface area contributed by atoms with Crippen LogP contribution in [0.5, 0.6) is 0 Å². The molecule has 2 N–H and O–H groups in total. The molecule has 6 nitrogen and oxygen atoms in total. The molecule has 0 radical (unpaired) electrons. The lowest BCUT2D eigenvalue weighted by Gasteiger charge is -2.04. The van der Waals surface area contributed by atoms with Crippen molar-refractivity contribution in [2.45, 2.75) is 0 Å². The van der Waals surface area contributed by atoms with Gasteiger partial charge in [0.1, 0.15) is 5.58 Å². The summed E-state index contributed by atoms with van der Waals surface area (Å²) in [5.41, 5.74) is 5.49. The highest BCUT2D eigenvalue weighted by molar-refractivity contribution is 9.10. The quantitative estimate of drug-likeness (QED) is 0.154. The third-order valence-electron chi connectivity index (χ3n) is 5.16. The number of amides is 1. The average Bonchev–Trinajstić information content (AvgIpc) is 3.17. The van der Waals surface area contributed by atoms with Crippen LogP contribution in [0.15, 0.2) is 96.1 Å². The second kappa shape index (κ2) is 8.80. The molecule has 5 aromatic rings. The molecule has 0 aliphatic heterocycles. The fourth-order valence-electron chi connectivity index (χ4n) is 3.62. The molecular weight excluding hydrogens is 550 g/mol. The second-order valence-corrected chi connectivity index (χ2v) is 9.13. The van der Waals surface area contributed by atoms with Crippen LogP contribution in [0.25, 0.3) is 33.1 Å². The van der Waals surface area contributed by atoms with Gasteiger partial charge in [0.2, 0.25) is 0 Å². The van der Waals surface area contributed by atoms with Gasteiger partial charge >= 0.3 is 5.63 Å². The smallest absolute Gasteiger partial charge is 0.345 e. The van der Waals surface area contributed by atoms with Crippen LogP contribution < -0.4 is 11.1 Å². The Hall–Kier alpha value is -3.49. The highest BCUT2D eigenvalue weighted by atomic mass is 79.9. The lowest BCUT2D eigenvalue weighted by Crippen LogP contribution is -2.17. The van der Waals surface area contributed by atoms with E-state index in [1.54, 1.807) is 30.3 Å². The standard InChI is InChI=1S/C25H15Br2N3O3/c26-16-5-3-4-15(10-16)24(31)30-28-13-20-18-6-1-2-7-21(18)29-23(20)19-11-14-8-9-17(27)12-22(14)33-25(19)32/h1-13,29H,(H,30,31)/b28-13+. The Morgan fingerprint density at radius 3 is 2.64 bits per heavy atom. The van der Waals surface area contributed by atoms with E-state index >= 15 is 0 Å². The number of halogens is 2. The number of fused-ring (bicyclic) bond motifs is 2.